The zero-order valence-electron chi connectivity index (χ0n) is 14.5. The average Bonchev–Trinajstić information content (AvgIpc) is 3.04. The predicted molar refractivity (Wildman–Crippen MR) is 117 cm³/mol. The van der Waals surface area contributed by atoms with Crippen LogP contribution in [-0.4, -0.2) is 16.6 Å². The van der Waals surface area contributed by atoms with Gasteiger partial charge in [0, 0.05) is 27.2 Å². The van der Waals surface area contributed by atoms with Gasteiger partial charge in [-0.2, -0.15) is 0 Å². The highest BCUT2D eigenvalue weighted by Crippen LogP contribution is 2.42. The monoisotopic (exact) mass is 420 g/mol. The molecule has 1 atom stereocenters. The van der Waals surface area contributed by atoms with E-state index >= 15 is 0 Å². The third-order valence-electron chi connectivity index (χ3n) is 4.76. The minimum absolute atomic E-state index is 0. The van der Waals surface area contributed by atoms with Gasteiger partial charge in [-0.1, -0.05) is 42.8 Å². The van der Waals surface area contributed by atoms with Crippen molar-refractivity contribution in [3.8, 4) is 16.9 Å². The number of thiophene rings is 1. The van der Waals surface area contributed by atoms with E-state index < -0.39 is 0 Å². The number of hydrogen-bond acceptors (Lipinski definition) is 4. The van der Waals surface area contributed by atoms with Crippen LogP contribution in [0.5, 0.6) is 5.75 Å². The lowest BCUT2D eigenvalue weighted by Gasteiger charge is -2.13. The Morgan fingerprint density at radius 1 is 1.19 bits per heavy atom. The van der Waals surface area contributed by atoms with Gasteiger partial charge in [-0.25, -0.2) is 0 Å². The fourth-order valence-corrected chi connectivity index (χ4v) is 4.48. The third-order valence-corrected chi connectivity index (χ3v) is 6.16. The number of phenolic OH excluding ortho intramolecular Hbond substituents is 1. The molecule has 0 fully saturated rings. The van der Waals surface area contributed by atoms with Crippen molar-refractivity contribution in [3.63, 3.8) is 0 Å². The fourth-order valence-electron chi connectivity index (χ4n) is 3.28. The number of rotatable bonds is 3. The number of phenols is 1. The van der Waals surface area contributed by atoms with E-state index in [1.54, 1.807) is 17.5 Å². The second-order valence-corrected chi connectivity index (χ2v) is 7.67. The van der Waals surface area contributed by atoms with E-state index in [0.29, 0.717) is 32.7 Å². The van der Waals surface area contributed by atoms with Gasteiger partial charge >= 0.3 is 0 Å². The van der Waals surface area contributed by atoms with Crippen LogP contribution in [0, 0.1) is 0 Å². The molecule has 7 heteroatoms. The number of benzene rings is 2. The topological polar surface area (TPSA) is 79.1 Å². The normalized spacial score (nSPS) is 12.3. The van der Waals surface area contributed by atoms with E-state index in [-0.39, 0.29) is 29.6 Å². The molecule has 0 amide bonds. The van der Waals surface area contributed by atoms with Crippen molar-refractivity contribution in [3.05, 3.63) is 62.7 Å². The molecule has 0 unspecified atom stereocenters. The van der Waals surface area contributed by atoms with Gasteiger partial charge < -0.3 is 15.8 Å². The number of nitrogens with one attached hydrogen (secondary N) is 1. The van der Waals surface area contributed by atoms with E-state index in [9.17, 15) is 9.90 Å². The molecule has 4 N–H and O–H groups in total. The van der Waals surface area contributed by atoms with Crippen LogP contribution in [0.1, 0.15) is 18.4 Å². The van der Waals surface area contributed by atoms with Crippen LogP contribution < -0.4 is 11.3 Å². The zero-order valence-corrected chi connectivity index (χ0v) is 16.8. The molecule has 0 aliphatic heterocycles. The van der Waals surface area contributed by atoms with Gasteiger partial charge in [-0.15, -0.1) is 23.7 Å². The van der Waals surface area contributed by atoms with Crippen molar-refractivity contribution in [1.82, 2.24) is 4.98 Å². The highest BCUT2D eigenvalue weighted by atomic mass is 35.5. The number of aromatic hydroxyl groups is 1. The summed E-state index contributed by atoms with van der Waals surface area (Å²) < 4.78 is 0.558. The van der Waals surface area contributed by atoms with E-state index in [1.165, 1.54) is 11.3 Å². The Labute approximate surface area is 171 Å². The Morgan fingerprint density at radius 3 is 2.56 bits per heavy atom. The first-order valence-electron chi connectivity index (χ1n) is 8.26. The summed E-state index contributed by atoms with van der Waals surface area (Å²) in [6.07, 6.45) is 0. The molecule has 0 spiro atoms. The lowest BCUT2D eigenvalue weighted by molar-refractivity contribution is 0.478. The molecule has 140 valence electrons. The molecule has 2 heterocycles. The highest BCUT2D eigenvalue weighted by Gasteiger charge is 2.18. The summed E-state index contributed by atoms with van der Waals surface area (Å²) in [6.45, 7) is 2.65. The lowest BCUT2D eigenvalue weighted by atomic mass is 9.94. The number of aromatic nitrogens is 1. The molecule has 0 saturated carbocycles. The minimum Gasteiger partial charge on any atom is -0.507 e. The van der Waals surface area contributed by atoms with Crippen LogP contribution in [0.25, 0.3) is 32.1 Å². The average molecular weight is 421 g/mol. The number of fused-ring (bicyclic) bond motifs is 3. The molecule has 0 saturated heterocycles. The van der Waals surface area contributed by atoms with Gasteiger partial charge in [0.1, 0.15) is 10.4 Å². The third kappa shape index (κ3) is 3.21. The molecule has 0 bridgehead atoms. The lowest BCUT2D eigenvalue weighted by Crippen LogP contribution is -2.08. The maximum absolute atomic E-state index is 12.3. The SMILES string of the molecule is C[C@@H](CN)c1ccc(-c2c(O)ccc3[nH]c(=O)c4scc(Cl)c4c23)cc1.Cl. The number of aromatic amines is 1. The molecule has 0 aliphatic carbocycles. The van der Waals surface area contributed by atoms with Crippen LogP contribution >= 0.6 is 35.3 Å². The first kappa shape index (κ1) is 19.7. The summed E-state index contributed by atoms with van der Waals surface area (Å²) in [4.78, 5) is 15.2. The van der Waals surface area contributed by atoms with E-state index in [1.807, 2.05) is 24.3 Å². The van der Waals surface area contributed by atoms with Crippen molar-refractivity contribution >= 4 is 56.3 Å². The molecule has 4 rings (SSSR count). The van der Waals surface area contributed by atoms with E-state index in [2.05, 4.69) is 11.9 Å². The Kier molecular flexibility index (Phi) is 5.49. The largest absolute Gasteiger partial charge is 0.507 e. The molecular formula is C20H18Cl2N2O2S. The number of nitrogens with two attached hydrogens (primary N) is 1. The fraction of sp³-hybridized carbons (Fsp3) is 0.150. The van der Waals surface area contributed by atoms with Crippen molar-refractivity contribution < 1.29 is 5.11 Å². The second kappa shape index (κ2) is 7.52. The summed E-state index contributed by atoms with van der Waals surface area (Å²) in [6, 6.07) is 11.3. The second-order valence-electron chi connectivity index (χ2n) is 6.38. The van der Waals surface area contributed by atoms with Crippen molar-refractivity contribution in [1.29, 1.82) is 0 Å². The zero-order chi connectivity index (χ0) is 18.4. The van der Waals surface area contributed by atoms with Gasteiger partial charge in [0.2, 0.25) is 0 Å². The van der Waals surface area contributed by atoms with Crippen molar-refractivity contribution in [2.75, 3.05) is 6.54 Å². The van der Waals surface area contributed by atoms with E-state index in [0.717, 1.165) is 16.5 Å². The molecule has 2 aromatic heterocycles. The molecule has 27 heavy (non-hydrogen) atoms. The minimum atomic E-state index is -0.173. The van der Waals surface area contributed by atoms with Gasteiger partial charge in [0.05, 0.1) is 5.02 Å². The van der Waals surface area contributed by atoms with Gasteiger partial charge in [0.15, 0.2) is 0 Å². The molecule has 4 aromatic rings. The Hall–Kier alpha value is -2.05. The number of halogens is 2. The maximum atomic E-state index is 12.3. The smallest absolute Gasteiger partial charge is 0.266 e. The van der Waals surface area contributed by atoms with Gasteiger partial charge in [0.25, 0.3) is 5.56 Å². The first-order chi connectivity index (χ1) is 12.5. The molecule has 2 aromatic carbocycles. The number of hydrogen-bond donors (Lipinski definition) is 3. The predicted octanol–water partition coefficient (Wildman–Crippen LogP) is 5.25. The van der Waals surface area contributed by atoms with Crippen LogP contribution in [-0.2, 0) is 0 Å². The van der Waals surface area contributed by atoms with Crippen LogP contribution in [0.3, 0.4) is 0 Å². The highest BCUT2D eigenvalue weighted by molar-refractivity contribution is 7.18. The Bertz CT molecular complexity index is 1180. The molecule has 0 radical (unpaired) electrons. The van der Waals surface area contributed by atoms with Gasteiger partial charge in [-0.3, -0.25) is 4.79 Å². The molecule has 4 nitrogen and oxygen atoms in total. The first-order valence-corrected chi connectivity index (χ1v) is 9.52. The summed E-state index contributed by atoms with van der Waals surface area (Å²) in [5.41, 5.74) is 8.88. The number of pyridine rings is 1. The van der Waals surface area contributed by atoms with Crippen LogP contribution in [0.15, 0.2) is 46.6 Å². The Balaban J connectivity index is 0.00000210. The maximum Gasteiger partial charge on any atom is 0.266 e. The summed E-state index contributed by atoms with van der Waals surface area (Å²) >= 11 is 7.69. The molecular weight excluding hydrogens is 403 g/mol. The molecule has 0 aliphatic rings. The van der Waals surface area contributed by atoms with Crippen molar-refractivity contribution in [2.45, 2.75) is 12.8 Å². The van der Waals surface area contributed by atoms with Crippen LogP contribution in [0.2, 0.25) is 5.02 Å². The summed E-state index contributed by atoms with van der Waals surface area (Å²) in [5.74, 6) is 0.410. The standard InChI is InChI=1S/C20H17ClN2O2S.ClH/c1-10(8-22)11-2-4-12(5-3-11)16-15(24)7-6-14-18(16)17-13(21)9-26-19(17)20(25)23-14;/h2-7,9-10,24H,8,22H2,1H3,(H,23,25);1H/t10-;/m0./s1. The van der Waals surface area contributed by atoms with Crippen molar-refractivity contribution in [2.24, 2.45) is 5.73 Å². The number of H-pyrrole nitrogens is 1. The Morgan fingerprint density at radius 2 is 1.89 bits per heavy atom. The van der Waals surface area contributed by atoms with Gasteiger partial charge in [-0.05, 0) is 35.7 Å². The van der Waals surface area contributed by atoms with Crippen LogP contribution in [0.4, 0.5) is 0 Å². The van der Waals surface area contributed by atoms with E-state index in [4.69, 9.17) is 17.3 Å². The quantitative estimate of drug-likeness (QED) is 0.423. The summed E-state index contributed by atoms with van der Waals surface area (Å²) in [7, 11) is 0. The summed E-state index contributed by atoms with van der Waals surface area (Å²) in [5, 5.41) is 14.3.